The molecule has 0 bridgehead atoms. The third-order valence-corrected chi connectivity index (χ3v) is 0. The molecule has 0 rings (SSSR count). The van der Waals surface area contributed by atoms with Crippen molar-refractivity contribution >= 4 is 0 Å². The van der Waals surface area contributed by atoms with Gasteiger partial charge in [0.25, 0.3) is 0 Å². The maximum absolute atomic E-state index is 5.11. The Bertz CT molecular complexity index is 12.8. The molecule has 0 saturated heterocycles. The largest absolute Gasteiger partial charge is 0.328 e. The van der Waals surface area contributed by atoms with Gasteiger partial charge in [0.1, 0.15) is 0 Å². The molecule has 0 spiro atoms. The molecule has 0 aliphatic heterocycles. The summed E-state index contributed by atoms with van der Waals surface area (Å²) in [5.74, 6) is 0. The van der Waals surface area contributed by atoms with Crippen LogP contribution in [-0.4, -0.2) is 6.04 Å². The summed E-state index contributed by atoms with van der Waals surface area (Å²) in [4.78, 5) is 0. The zero-order chi connectivity index (χ0) is 5.58. The molecular formula is C5H15NW. The SMILES string of the molecule is CC.CC(C)N.[W]. The van der Waals surface area contributed by atoms with E-state index in [2.05, 4.69) is 0 Å². The van der Waals surface area contributed by atoms with Crippen LogP contribution in [0.3, 0.4) is 0 Å². The van der Waals surface area contributed by atoms with Crippen molar-refractivity contribution in [2.75, 3.05) is 0 Å². The normalized spacial score (nSPS) is 6.00. The molecule has 46 valence electrons. The van der Waals surface area contributed by atoms with Gasteiger partial charge in [-0.2, -0.15) is 0 Å². The minimum absolute atomic E-state index is 0. The van der Waals surface area contributed by atoms with Gasteiger partial charge in [0.15, 0.2) is 0 Å². The molecule has 0 aromatic rings. The summed E-state index contributed by atoms with van der Waals surface area (Å²) in [6.45, 7) is 7.89. The Kier molecular flexibility index (Phi) is 35.6. The Morgan fingerprint density at radius 3 is 1.14 bits per heavy atom. The van der Waals surface area contributed by atoms with Gasteiger partial charge in [0, 0.05) is 21.1 Å². The summed E-state index contributed by atoms with van der Waals surface area (Å²) in [5.41, 5.74) is 5.11. The molecule has 0 amide bonds. The van der Waals surface area contributed by atoms with E-state index in [1.54, 1.807) is 0 Å². The first-order chi connectivity index (χ1) is 2.73. The van der Waals surface area contributed by atoms with Gasteiger partial charge in [-0.25, -0.2) is 0 Å². The second kappa shape index (κ2) is 15.9. The average molecular weight is 273 g/mol. The Morgan fingerprint density at radius 1 is 1.14 bits per heavy atom. The van der Waals surface area contributed by atoms with Crippen molar-refractivity contribution in [3.05, 3.63) is 0 Å². The van der Waals surface area contributed by atoms with Crippen molar-refractivity contribution in [1.82, 2.24) is 0 Å². The van der Waals surface area contributed by atoms with Crippen LogP contribution in [0.1, 0.15) is 27.7 Å². The standard InChI is InChI=1S/C3H9N.C2H6.W/c1-3(2)4;1-2;/h3H,4H2,1-2H3;1-2H3;. The predicted octanol–water partition coefficient (Wildman–Crippen LogP) is 1.38. The molecular weight excluding hydrogens is 258 g/mol. The number of rotatable bonds is 0. The van der Waals surface area contributed by atoms with Gasteiger partial charge in [-0.1, -0.05) is 27.7 Å². The maximum Gasteiger partial charge on any atom is 0 e. The van der Waals surface area contributed by atoms with Crippen LogP contribution >= 0.6 is 0 Å². The molecule has 0 saturated carbocycles. The summed E-state index contributed by atoms with van der Waals surface area (Å²) in [6, 6.07) is 0.333. The second-order valence-corrected chi connectivity index (χ2v) is 1.24. The molecule has 0 aliphatic carbocycles. The zero-order valence-electron chi connectivity index (χ0n) is 5.56. The van der Waals surface area contributed by atoms with Gasteiger partial charge in [0.05, 0.1) is 0 Å². The molecule has 0 atom stereocenters. The summed E-state index contributed by atoms with van der Waals surface area (Å²) < 4.78 is 0. The van der Waals surface area contributed by atoms with Crippen molar-refractivity contribution < 1.29 is 21.1 Å². The van der Waals surface area contributed by atoms with Gasteiger partial charge < -0.3 is 5.73 Å². The Labute approximate surface area is 60.9 Å². The first-order valence-electron chi connectivity index (χ1n) is 2.49. The minimum Gasteiger partial charge on any atom is -0.328 e. The molecule has 0 aromatic carbocycles. The summed E-state index contributed by atoms with van der Waals surface area (Å²) in [6.07, 6.45) is 0. The van der Waals surface area contributed by atoms with Crippen molar-refractivity contribution in [2.45, 2.75) is 33.7 Å². The topological polar surface area (TPSA) is 26.0 Å². The number of nitrogens with two attached hydrogens (primary N) is 1. The maximum atomic E-state index is 5.11. The predicted molar refractivity (Wildman–Crippen MR) is 30.7 cm³/mol. The first-order valence-corrected chi connectivity index (χ1v) is 2.49. The van der Waals surface area contributed by atoms with Crippen LogP contribution in [0.5, 0.6) is 0 Å². The first kappa shape index (κ1) is 15.6. The fraction of sp³-hybridized carbons (Fsp3) is 1.00. The summed E-state index contributed by atoms with van der Waals surface area (Å²) in [5, 5.41) is 0. The van der Waals surface area contributed by atoms with Crippen LogP contribution in [0.4, 0.5) is 0 Å². The van der Waals surface area contributed by atoms with Crippen molar-refractivity contribution in [2.24, 2.45) is 5.73 Å². The van der Waals surface area contributed by atoms with E-state index in [0.717, 1.165) is 0 Å². The van der Waals surface area contributed by atoms with Gasteiger partial charge in [-0.05, 0) is 6.04 Å². The summed E-state index contributed by atoms with van der Waals surface area (Å²) in [7, 11) is 0. The van der Waals surface area contributed by atoms with Gasteiger partial charge in [0.2, 0.25) is 0 Å². The molecule has 2 N–H and O–H groups in total. The van der Waals surface area contributed by atoms with Crippen LogP contribution in [0, 0.1) is 0 Å². The van der Waals surface area contributed by atoms with Crippen molar-refractivity contribution in [3.8, 4) is 0 Å². The van der Waals surface area contributed by atoms with Crippen LogP contribution < -0.4 is 5.73 Å². The molecule has 0 aliphatic rings. The molecule has 0 unspecified atom stereocenters. The van der Waals surface area contributed by atoms with Crippen LogP contribution in [0.2, 0.25) is 0 Å². The van der Waals surface area contributed by atoms with Gasteiger partial charge >= 0.3 is 0 Å². The van der Waals surface area contributed by atoms with Gasteiger partial charge in [-0.3, -0.25) is 0 Å². The van der Waals surface area contributed by atoms with Gasteiger partial charge in [-0.15, -0.1) is 0 Å². The molecule has 0 fully saturated rings. The molecule has 0 aromatic heterocycles. The third-order valence-electron chi connectivity index (χ3n) is 0. The van der Waals surface area contributed by atoms with E-state index >= 15 is 0 Å². The van der Waals surface area contributed by atoms with E-state index in [1.165, 1.54) is 0 Å². The second-order valence-electron chi connectivity index (χ2n) is 1.24. The van der Waals surface area contributed by atoms with E-state index in [1.807, 2.05) is 27.7 Å². The third kappa shape index (κ3) is 342. The van der Waals surface area contributed by atoms with Crippen molar-refractivity contribution in [1.29, 1.82) is 0 Å². The fourth-order valence-corrected chi connectivity index (χ4v) is 0. The smallest absolute Gasteiger partial charge is 0 e. The van der Waals surface area contributed by atoms with E-state index in [-0.39, 0.29) is 21.1 Å². The molecule has 7 heavy (non-hydrogen) atoms. The monoisotopic (exact) mass is 273 g/mol. The Hall–Kier alpha value is 0.648. The van der Waals surface area contributed by atoms with Crippen molar-refractivity contribution in [3.63, 3.8) is 0 Å². The quantitative estimate of drug-likeness (QED) is 0.709. The van der Waals surface area contributed by atoms with E-state index in [4.69, 9.17) is 5.73 Å². The average Bonchev–Trinajstić information content (AvgIpc) is 1.41. The van der Waals surface area contributed by atoms with Crippen LogP contribution in [0.15, 0.2) is 0 Å². The number of hydrogen-bond donors (Lipinski definition) is 1. The molecule has 0 heterocycles. The molecule has 2 heteroatoms. The van der Waals surface area contributed by atoms with E-state index in [9.17, 15) is 0 Å². The molecule has 1 nitrogen and oxygen atoms in total. The van der Waals surface area contributed by atoms with E-state index < -0.39 is 0 Å². The van der Waals surface area contributed by atoms with Crippen LogP contribution in [-0.2, 0) is 21.1 Å². The number of hydrogen-bond acceptors (Lipinski definition) is 1. The molecule has 0 radical (unpaired) electrons. The zero-order valence-corrected chi connectivity index (χ0v) is 8.50. The van der Waals surface area contributed by atoms with Crippen LogP contribution in [0.25, 0.3) is 0 Å². The Balaban J connectivity index is -0.0000000480. The minimum atomic E-state index is 0. The Morgan fingerprint density at radius 2 is 1.14 bits per heavy atom. The summed E-state index contributed by atoms with van der Waals surface area (Å²) >= 11 is 0. The van der Waals surface area contributed by atoms with E-state index in [0.29, 0.717) is 6.04 Å². The fourth-order valence-electron chi connectivity index (χ4n) is 0.